The van der Waals surface area contributed by atoms with Crippen LogP contribution in [0.1, 0.15) is 54.7 Å². The van der Waals surface area contributed by atoms with Crippen molar-refractivity contribution in [3.63, 3.8) is 0 Å². The Morgan fingerprint density at radius 2 is 1.85 bits per heavy atom. The fourth-order valence-electron chi connectivity index (χ4n) is 3.89. The number of nitrogens with zero attached hydrogens (tertiary/aromatic N) is 5. The average molecular weight is 472 g/mol. The van der Waals surface area contributed by atoms with Gasteiger partial charge < -0.3 is 10.0 Å². The van der Waals surface area contributed by atoms with Crippen LogP contribution in [-0.4, -0.2) is 50.0 Å². The zero-order valence-corrected chi connectivity index (χ0v) is 19.8. The van der Waals surface area contributed by atoms with Gasteiger partial charge in [-0.2, -0.15) is 0 Å². The van der Waals surface area contributed by atoms with Crippen molar-refractivity contribution in [2.45, 2.75) is 45.7 Å². The molecule has 0 radical (unpaired) electrons. The molecule has 0 unspecified atom stereocenters. The van der Waals surface area contributed by atoms with E-state index in [9.17, 15) is 19.1 Å². The van der Waals surface area contributed by atoms with Crippen molar-refractivity contribution < 1.29 is 14.3 Å². The van der Waals surface area contributed by atoms with E-state index in [1.54, 1.807) is 17.0 Å². The van der Waals surface area contributed by atoms with Crippen LogP contribution in [0.25, 0.3) is 10.6 Å². The lowest BCUT2D eigenvalue weighted by Crippen LogP contribution is -2.66. The summed E-state index contributed by atoms with van der Waals surface area (Å²) in [6, 6.07) is 6.10. The minimum absolute atomic E-state index is 0.0577. The third-order valence-corrected chi connectivity index (χ3v) is 7.05. The van der Waals surface area contributed by atoms with Crippen molar-refractivity contribution in [3.8, 4) is 16.3 Å². The predicted octanol–water partition coefficient (Wildman–Crippen LogP) is 3.36. The van der Waals surface area contributed by atoms with Crippen molar-refractivity contribution in [3.05, 3.63) is 62.8 Å². The second kappa shape index (κ2) is 8.58. The number of aromatic hydroxyl groups is 1. The van der Waals surface area contributed by atoms with E-state index in [4.69, 9.17) is 0 Å². The second-order valence-electron chi connectivity index (χ2n) is 8.55. The van der Waals surface area contributed by atoms with Gasteiger partial charge in [0.15, 0.2) is 16.5 Å². The maximum atomic E-state index is 13.3. The Hall–Kier alpha value is -3.27. The number of pyridine rings is 1. The number of fused-ring (bicyclic) bond motifs is 1. The number of carbonyl (C=O) groups is 1. The molecule has 4 rings (SSSR count). The van der Waals surface area contributed by atoms with E-state index in [1.165, 1.54) is 34.3 Å². The van der Waals surface area contributed by atoms with Gasteiger partial charge in [-0.1, -0.05) is 36.8 Å². The molecule has 3 aromatic rings. The lowest BCUT2D eigenvalue weighted by molar-refractivity contribution is 0.0391. The van der Waals surface area contributed by atoms with Crippen LogP contribution in [0, 0.1) is 5.82 Å². The number of benzene rings is 1. The Labute approximate surface area is 194 Å². The van der Waals surface area contributed by atoms with Crippen LogP contribution >= 0.6 is 11.3 Å². The first-order valence-corrected chi connectivity index (χ1v) is 11.6. The number of rotatable bonds is 6. The number of carbonyl (C=O) groups excluding carboxylic acids is 1. The van der Waals surface area contributed by atoms with E-state index < -0.39 is 16.8 Å². The predicted molar refractivity (Wildman–Crippen MR) is 125 cm³/mol. The molecule has 33 heavy (non-hydrogen) atoms. The van der Waals surface area contributed by atoms with Gasteiger partial charge in [-0.05, 0) is 38.0 Å². The summed E-state index contributed by atoms with van der Waals surface area (Å²) in [5.74, 6) is -1.30. The van der Waals surface area contributed by atoms with E-state index in [2.05, 4.69) is 10.2 Å². The van der Waals surface area contributed by atoms with Gasteiger partial charge in [-0.15, -0.1) is 10.2 Å². The number of halogens is 1. The molecule has 10 heteroatoms. The van der Waals surface area contributed by atoms with Gasteiger partial charge in [0, 0.05) is 26.2 Å². The molecule has 0 saturated heterocycles. The lowest BCUT2D eigenvalue weighted by atomic mass is 10.1. The topological polar surface area (TPSA) is 91.6 Å². The van der Waals surface area contributed by atoms with Crippen molar-refractivity contribution in [2.75, 3.05) is 18.6 Å². The number of amides is 1. The summed E-state index contributed by atoms with van der Waals surface area (Å²) in [5, 5.41) is 21.9. The number of hydrogen-bond acceptors (Lipinski definition) is 7. The Kier molecular flexibility index (Phi) is 5.96. The molecule has 0 fully saturated rings. The zero-order valence-electron chi connectivity index (χ0n) is 19.0. The summed E-state index contributed by atoms with van der Waals surface area (Å²) < 4.78 is 14.7. The second-order valence-corrected chi connectivity index (χ2v) is 9.61. The molecule has 1 aliphatic rings. The van der Waals surface area contributed by atoms with Crippen LogP contribution in [0.15, 0.2) is 35.3 Å². The third kappa shape index (κ3) is 3.99. The van der Waals surface area contributed by atoms with Crippen molar-refractivity contribution in [2.24, 2.45) is 0 Å². The van der Waals surface area contributed by atoms with Gasteiger partial charge in [0.25, 0.3) is 5.91 Å². The molecular formula is C23H26FN5O3S. The number of hydrogen-bond donors (Lipinski definition) is 1. The highest BCUT2D eigenvalue weighted by atomic mass is 32.1. The van der Waals surface area contributed by atoms with Crippen LogP contribution in [-0.2, 0) is 6.42 Å². The first kappa shape index (κ1) is 22.9. The molecule has 0 spiro atoms. The molecule has 3 heterocycles. The molecule has 174 valence electrons. The molecule has 1 aliphatic heterocycles. The SMILES string of the molecule is CCCCN1C(=O)c2c(O)c(=O)c(-c3nnc(Cc4ccc(F)cc4)s3)cn2N(C)C1(C)C. The monoisotopic (exact) mass is 471 g/mol. The molecule has 2 aromatic heterocycles. The van der Waals surface area contributed by atoms with E-state index in [0.717, 1.165) is 18.4 Å². The molecular weight excluding hydrogens is 445 g/mol. The van der Waals surface area contributed by atoms with Crippen molar-refractivity contribution >= 4 is 17.2 Å². The Bertz CT molecular complexity index is 1250. The fraction of sp³-hybridized carbons (Fsp3) is 0.391. The molecule has 1 aromatic carbocycles. The Morgan fingerprint density at radius 1 is 1.15 bits per heavy atom. The highest BCUT2D eigenvalue weighted by Crippen LogP contribution is 2.32. The van der Waals surface area contributed by atoms with Gasteiger partial charge in [0.2, 0.25) is 5.43 Å². The highest BCUT2D eigenvalue weighted by molar-refractivity contribution is 7.14. The van der Waals surface area contributed by atoms with Crippen LogP contribution in [0.4, 0.5) is 4.39 Å². The van der Waals surface area contributed by atoms with Gasteiger partial charge >= 0.3 is 0 Å². The molecule has 0 atom stereocenters. The minimum Gasteiger partial charge on any atom is -0.502 e. The molecule has 0 bridgehead atoms. The zero-order chi connectivity index (χ0) is 23.9. The van der Waals surface area contributed by atoms with Crippen LogP contribution in [0.3, 0.4) is 0 Å². The quantitative estimate of drug-likeness (QED) is 0.593. The maximum absolute atomic E-state index is 13.3. The standard InChI is InChI=1S/C23H26FN5O3S/c1-5-6-11-28-22(32)18-20(31)19(30)16(13-29(18)27(4)23(28,2)3)21-26-25-17(33-21)12-14-7-9-15(24)10-8-14/h7-10,13,31H,5-6,11-12H2,1-4H3. The van der Waals surface area contributed by atoms with Crippen LogP contribution in [0.2, 0.25) is 0 Å². The summed E-state index contributed by atoms with van der Waals surface area (Å²) >= 11 is 1.22. The first-order valence-electron chi connectivity index (χ1n) is 10.8. The van der Waals surface area contributed by atoms with E-state index >= 15 is 0 Å². The Balaban J connectivity index is 1.73. The van der Waals surface area contributed by atoms with E-state index in [-0.39, 0.29) is 23.0 Å². The summed E-state index contributed by atoms with van der Waals surface area (Å²) in [6.07, 6.45) is 3.71. The molecule has 1 amide bonds. The van der Waals surface area contributed by atoms with Gasteiger partial charge in [-0.25, -0.2) is 4.39 Å². The number of unbranched alkanes of at least 4 members (excludes halogenated alkanes) is 1. The van der Waals surface area contributed by atoms with Gasteiger partial charge in [0.1, 0.15) is 16.5 Å². The fourth-order valence-corrected chi connectivity index (χ4v) is 4.77. The third-order valence-electron chi connectivity index (χ3n) is 6.09. The molecule has 0 saturated carbocycles. The smallest absolute Gasteiger partial charge is 0.278 e. The minimum atomic E-state index is -0.674. The van der Waals surface area contributed by atoms with Crippen molar-refractivity contribution in [1.29, 1.82) is 0 Å². The first-order chi connectivity index (χ1) is 15.6. The van der Waals surface area contributed by atoms with E-state index in [1.807, 2.05) is 32.8 Å². The highest BCUT2D eigenvalue weighted by Gasteiger charge is 2.43. The van der Waals surface area contributed by atoms with Crippen LogP contribution in [0.5, 0.6) is 5.75 Å². The summed E-state index contributed by atoms with van der Waals surface area (Å²) in [7, 11) is 1.81. The maximum Gasteiger partial charge on any atom is 0.278 e. The molecule has 0 aliphatic carbocycles. The largest absolute Gasteiger partial charge is 0.502 e. The average Bonchev–Trinajstić information content (AvgIpc) is 3.23. The summed E-state index contributed by atoms with van der Waals surface area (Å²) in [6.45, 7) is 6.40. The van der Waals surface area contributed by atoms with Crippen LogP contribution < -0.4 is 10.4 Å². The van der Waals surface area contributed by atoms with Gasteiger partial charge in [-0.3, -0.25) is 19.3 Å². The van der Waals surface area contributed by atoms with Gasteiger partial charge in [0.05, 0.1) is 5.56 Å². The molecule has 1 N–H and O–H groups in total. The summed E-state index contributed by atoms with van der Waals surface area (Å²) in [5.41, 5.74) is -0.368. The number of aromatic nitrogens is 3. The normalized spacial score (nSPS) is 15.1. The van der Waals surface area contributed by atoms with Crippen molar-refractivity contribution in [1.82, 2.24) is 19.8 Å². The van der Waals surface area contributed by atoms with E-state index in [0.29, 0.717) is 23.0 Å². The molecule has 8 nitrogen and oxygen atoms in total. The Morgan fingerprint density at radius 3 is 2.52 bits per heavy atom. The lowest BCUT2D eigenvalue weighted by Gasteiger charge is -2.51. The summed E-state index contributed by atoms with van der Waals surface area (Å²) in [4.78, 5) is 28.0.